The monoisotopic (exact) mass is 540 g/mol. The van der Waals surface area contributed by atoms with E-state index in [0.29, 0.717) is 0 Å². The highest BCUT2D eigenvalue weighted by Gasteiger charge is 2.92. The van der Waals surface area contributed by atoms with Crippen molar-refractivity contribution >= 4 is 40.4 Å². The average molecular weight is 541 g/mol. The quantitative estimate of drug-likeness (QED) is 0.298. The van der Waals surface area contributed by atoms with Crippen molar-refractivity contribution in [3.05, 3.63) is 0 Å². The van der Waals surface area contributed by atoms with Crippen LogP contribution in [0.5, 0.6) is 0 Å². The van der Waals surface area contributed by atoms with Crippen LogP contribution in [0.1, 0.15) is 0 Å². The van der Waals surface area contributed by atoms with Crippen LogP contribution in [0.4, 0.5) is 0 Å². The molecular formula is C21H52O6Si5. The van der Waals surface area contributed by atoms with Crippen molar-refractivity contribution in [2.45, 2.75) is 130 Å². The van der Waals surface area contributed by atoms with E-state index in [9.17, 15) is 30.6 Å². The maximum atomic E-state index is 13.1. The molecule has 6 nitrogen and oxygen atoms in total. The molecule has 192 valence electrons. The molecule has 32 heavy (non-hydrogen) atoms. The van der Waals surface area contributed by atoms with Crippen LogP contribution in [-0.2, 0) is 0 Å². The van der Waals surface area contributed by atoms with E-state index < -0.39 is 72.6 Å². The first-order chi connectivity index (χ1) is 13.4. The first kappa shape index (κ1) is 30.9. The standard InChI is InChI=1S/C21H52O6Si5/c1-28(2,3)17(23)16(22)18(24,29(4,5)6)20(26,31(10,11)12)21(27,32(13,14)15)19(17,25)30(7,8)9/h16,22-27H,1-15H3/t16?,17-,18+,19-,20-,21?/m1/s1. The minimum Gasteiger partial charge on any atom is -0.388 e. The van der Waals surface area contributed by atoms with Crippen molar-refractivity contribution < 1.29 is 30.6 Å². The smallest absolute Gasteiger partial charge is 0.110 e. The van der Waals surface area contributed by atoms with Crippen LogP contribution >= 0.6 is 0 Å². The van der Waals surface area contributed by atoms with Gasteiger partial charge < -0.3 is 30.6 Å². The predicted molar refractivity (Wildman–Crippen MR) is 147 cm³/mol. The molecule has 0 aromatic rings. The van der Waals surface area contributed by atoms with Gasteiger partial charge in [-0.3, -0.25) is 0 Å². The number of hydrogen-bond acceptors (Lipinski definition) is 6. The second kappa shape index (κ2) is 7.43. The maximum absolute atomic E-state index is 13.1. The molecule has 1 aliphatic rings. The molecule has 0 heterocycles. The third-order valence-electron chi connectivity index (χ3n) is 8.48. The summed E-state index contributed by atoms with van der Waals surface area (Å²) in [6.07, 6.45) is -1.79. The van der Waals surface area contributed by atoms with Crippen molar-refractivity contribution in [2.24, 2.45) is 0 Å². The Kier molecular flexibility index (Phi) is 7.17. The molecule has 6 N–H and O–H groups in total. The fourth-order valence-electron chi connectivity index (χ4n) is 6.73. The SMILES string of the molecule is C[Si](C)(C)C1(O)[C@](O)([Si](C)(C)C)[C@@](O)([Si](C)(C)C)C(O)[C@@](O)([Si](C)(C)C)[C@@]1(O)[Si](C)(C)C. The molecule has 0 amide bonds. The molecule has 0 spiro atoms. The third-order valence-corrected chi connectivity index (χ3v) is 24.1. The molecule has 0 aromatic carbocycles. The Bertz CT molecular complexity index is 692. The van der Waals surface area contributed by atoms with Crippen molar-refractivity contribution in [3.63, 3.8) is 0 Å². The van der Waals surface area contributed by atoms with E-state index in [1.54, 1.807) is 0 Å². The van der Waals surface area contributed by atoms with Crippen molar-refractivity contribution in [3.8, 4) is 0 Å². The van der Waals surface area contributed by atoms with Gasteiger partial charge in [0.2, 0.25) is 0 Å². The first-order valence-electron chi connectivity index (χ1n) is 11.7. The van der Waals surface area contributed by atoms with Gasteiger partial charge >= 0.3 is 0 Å². The van der Waals surface area contributed by atoms with Crippen LogP contribution in [0.25, 0.3) is 0 Å². The summed E-state index contributed by atoms with van der Waals surface area (Å²) in [5.74, 6) is 0. The number of hydrogen-bond donors (Lipinski definition) is 6. The molecule has 0 bridgehead atoms. The number of aliphatic hydroxyl groups is 6. The molecule has 0 saturated heterocycles. The van der Waals surface area contributed by atoms with E-state index in [1.807, 2.05) is 98.2 Å². The lowest BCUT2D eigenvalue weighted by atomic mass is 9.80. The van der Waals surface area contributed by atoms with E-state index in [2.05, 4.69) is 0 Å². The third kappa shape index (κ3) is 3.12. The summed E-state index contributed by atoms with van der Waals surface area (Å²) in [6.45, 7) is 28.0. The first-order valence-corrected chi connectivity index (χ1v) is 29.2. The van der Waals surface area contributed by atoms with Crippen molar-refractivity contribution in [1.29, 1.82) is 0 Å². The van der Waals surface area contributed by atoms with Gasteiger partial charge in [-0.1, -0.05) is 98.2 Å². The van der Waals surface area contributed by atoms with Gasteiger partial charge in [0.1, 0.15) is 32.2 Å². The summed E-state index contributed by atoms with van der Waals surface area (Å²) in [7, 11) is -14.8. The summed E-state index contributed by atoms with van der Waals surface area (Å²) in [6, 6.07) is 0. The van der Waals surface area contributed by atoms with Gasteiger partial charge in [0.25, 0.3) is 0 Å². The number of aliphatic hydroxyl groups excluding tert-OH is 1. The minimum atomic E-state index is -3.00. The molecule has 0 aliphatic heterocycles. The van der Waals surface area contributed by atoms with Crippen LogP contribution < -0.4 is 0 Å². The van der Waals surface area contributed by atoms with Crippen molar-refractivity contribution in [1.82, 2.24) is 0 Å². The summed E-state index contributed by atoms with van der Waals surface area (Å²) < 4.78 is 0. The average Bonchev–Trinajstić information content (AvgIpc) is 2.50. The Balaban J connectivity index is 4.73. The van der Waals surface area contributed by atoms with E-state index >= 15 is 0 Å². The van der Waals surface area contributed by atoms with Gasteiger partial charge in [0, 0.05) is 0 Å². The molecule has 0 radical (unpaired) electrons. The zero-order chi connectivity index (χ0) is 26.6. The molecule has 6 atom stereocenters. The second-order valence-corrected chi connectivity index (χ2v) is 41.5. The van der Waals surface area contributed by atoms with E-state index in [0.717, 1.165) is 0 Å². The molecule has 11 heteroatoms. The summed E-state index contributed by atoms with van der Waals surface area (Å²) in [5, 5.41) is 65.6. The van der Waals surface area contributed by atoms with E-state index in [1.165, 1.54) is 0 Å². The summed E-state index contributed by atoms with van der Waals surface area (Å²) in [5.41, 5.74) is 0. The van der Waals surface area contributed by atoms with Gasteiger partial charge in [-0.2, -0.15) is 0 Å². The zero-order valence-electron chi connectivity index (χ0n) is 23.3. The Morgan fingerprint density at radius 1 is 0.375 bits per heavy atom. The summed E-state index contributed by atoms with van der Waals surface area (Å²) >= 11 is 0. The lowest BCUT2D eigenvalue weighted by Crippen LogP contribution is -3.06. The van der Waals surface area contributed by atoms with Gasteiger partial charge in [-0.25, -0.2) is 0 Å². The van der Waals surface area contributed by atoms with Gasteiger partial charge in [0.15, 0.2) is 0 Å². The fraction of sp³-hybridized carbons (Fsp3) is 1.00. The molecule has 1 saturated carbocycles. The minimum absolute atomic E-state index is 1.79. The predicted octanol–water partition coefficient (Wildman–Crippen LogP) is 2.40. The van der Waals surface area contributed by atoms with Crippen LogP contribution in [0.2, 0.25) is 98.2 Å². The largest absolute Gasteiger partial charge is 0.388 e. The molecule has 0 aromatic heterocycles. The van der Waals surface area contributed by atoms with Crippen LogP contribution in [-0.4, -0.2) is 103 Å². The fourth-order valence-corrected chi connectivity index (χ4v) is 28.5. The van der Waals surface area contributed by atoms with E-state index in [-0.39, 0.29) is 0 Å². The molecule has 2 unspecified atom stereocenters. The van der Waals surface area contributed by atoms with Gasteiger partial charge in [-0.15, -0.1) is 0 Å². The topological polar surface area (TPSA) is 121 Å². The highest BCUT2D eigenvalue weighted by Crippen LogP contribution is 2.65. The summed E-state index contributed by atoms with van der Waals surface area (Å²) in [4.78, 5) is 0. The lowest BCUT2D eigenvalue weighted by molar-refractivity contribution is -0.313. The van der Waals surface area contributed by atoms with Gasteiger partial charge in [0.05, 0.1) is 40.4 Å². The van der Waals surface area contributed by atoms with Gasteiger partial charge in [-0.05, 0) is 0 Å². The highest BCUT2D eigenvalue weighted by atomic mass is 28.3. The zero-order valence-corrected chi connectivity index (χ0v) is 28.3. The van der Waals surface area contributed by atoms with Crippen LogP contribution in [0.15, 0.2) is 0 Å². The Hall–Kier alpha value is 0.844. The normalized spacial score (nSPS) is 42.8. The Morgan fingerprint density at radius 3 is 0.688 bits per heavy atom. The molecule has 1 aliphatic carbocycles. The molecule has 1 fully saturated rings. The number of rotatable bonds is 5. The molecule has 1 rings (SSSR count). The Morgan fingerprint density at radius 2 is 0.562 bits per heavy atom. The van der Waals surface area contributed by atoms with Crippen molar-refractivity contribution in [2.75, 3.05) is 0 Å². The lowest BCUT2D eigenvalue weighted by Gasteiger charge is -2.79. The maximum Gasteiger partial charge on any atom is 0.110 e. The van der Waals surface area contributed by atoms with Crippen LogP contribution in [0, 0.1) is 0 Å². The highest BCUT2D eigenvalue weighted by molar-refractivity contribution is 6.94. The van der Waals surface area contributed by atoms with E-state index in [4.69, 9.17) is 0 Å². The van der Waals surface area contributed by atoms with Crippen LogP contribution in [0.3, 0.4) is 0 Å². The second-order valence-electron chi connectivity index (χ2n) is 15.3. The Labute approximate surface area is 201 Å². The molecular weight excluding hydrogens is 489 g/mol.